The number of sulfonamides is 1. The van der Waals surface area contributed by atoms with Crippen molar-refractivity contribution in [3.63, 3.8) is 0 Å². The van der Waals surface area contributed by atoms with Gasteiger partial charge in [0.15, 0.2) is 0 Å². The molecule has 0 saturated heterocycles. The number of benzene rings is 2. The van der Waals surface area contributed by atoms with Crippen LogP contribution >= 0.6 is 0 Å². The summed E-state index contributed by atoms with van der Waals surface area (Å²) in [6, 6.07) is 15.3. The third-order valence-corrected chi connectivity index (χ3v) is 4.47. The van der Waals surface area contributed by atoms with E-state index in [1.54, 1.807) is 30.3 Å². The van der Waals surface area contributed by atoms with Crippen LogP contribution in [0.3, 0.4) is 0 Å². The van der Waals surface area contributed by atoms with Gasteiger partial charge in [0.25, 0.3) is 0 Å². The standard InChI is InChI=1S/C20H19FN2O5S/c1-29(26,27)23-20-11-14(19(25)12-24)10-18(22-20)13-2-6-16(7-3-13)28-17-8-4-15(21)5-9-17/h2-11,19,24-25H,12H2,1H3,(H,22,23). The summed E-state index contributed by atoms with van der Waals surface area (Å²) in [6.45, 7) is -0.522. The van der Waals surface area contributed by atoms with E-state index >= 15 is 0 Å². The van der Waals surface area contributed by atoms with Crippen molar-refractivity contribution < 1.29 is 27.8 Å². The van der Waals surface area contributed by atoms with E-state index in [-0.39, 0.29) is 11.6 Å². The summed E-state index contributed by atoms with van der Waals surface area (Å²) in [6.07, 6.45) is -0.191. The Bertz CT molecular complexity index is 1090. The Labute approximate surface area is 167 Å². The maximum atomic E-state index is 13.0. The van der Waals surface area contributed by atoms with E-state index in [0.29, 0.717) is 28.3 Å². The largest absolute Gasteiger partial charge is 0.457 e. The third-order valence-electron chi connectivity index (χ3n) is 3.89. The van der Waals surface area contributed by atoms with Crippen molar-refractivity contribution in [3.8, 4) is 22.8 Å². The lowest BCUT2D eigenvalue weighted by Crippen LogP contribution is -2.12. The van der Waals surface area contributed by atoms with Crippen molar-refractivity contribution in [2.24, 2.45) is 0 Å². The van der Waals surface area contributed by atoms with Crippen LogP contribution < -0.4 is 9.46 Å². The average Bonchev–Trinajstić information content (AvgIpc) is 2.68. The minimum absolute atomic E-state index is 0.0270. The molecule has 9 heteroatoms. The SMILES string of the molecule is CS(=O)(=O)Nc1cc(C(O)CO)cc(-c2ccc(Oc3ccc(F)cc3)cc2)n1. The van der Waals surface area contributed by atoms with Crippen molar-refractivity contribution >= 4 is 15.8 Å². The molecule has 1 atom stereocenters. The lowest BCUT2D eigenvalue weighted by Gasteiger charge is -2.13. The van der Waals surface area contributed by atoms with Crippen molar-refractivity contribution in [3.05, 3.63) is 72.0 Å². The van der Waals surface area contributed by atoms with E-state index in [1.165, 1.54) is 30.3 Å². The zero-order chi connectivity index (χ0) is 21.0. The van der Waals surface area contributed by atoms with Crippen LogP contribution in [0.15, 0.2) is 60.7 Å². The highest BCUT2D eigenvalue weighted by atomic mass is 32.2. The molecular weight excluding hydrogens is 399 g/mol. The summed E-state index contributed by atoms with van der Waals surface area (Å²) in [5, 5.41) is 19.2. The number of hydrogen-bond donors (Lipinski definition) is 3. The molecular formula is C20H19FN2O5S. The molecule has 0 radical (unpaired) electrons. The van der Waals surface area contributed by atoms with Gasteiger partial charge in [-0.2, -0.15) is 0 Å². The highest BCUT2D eigenvalue weighted by Gasteiger charge is 2.13. The predicted molar refractivity (Wildman–Crippen MR) is 107 cm³/mol. The Balaban J connectivity index is 1.90. The molecule has 0 saturated carbocycles. The molecule has 1 unspecified atom stereocenters. The second-order valence-electron chi connectivity index (χ2n) is 6.32. The van der Waals surface area contributed by atoms with Gasteiger partial charge in [0.05, 0.1) is 18.6 Å². The minimum atomic E-state index is -3.57. The number of nitrogens with one attached hydrogen (secondary N) is 1. The van der Waals surface area contributed by atoms with E-state index in [2.05, 4.69) is 9.71 Å². The zero-order valence-corrected chi connectivity index (χ0v) is 16.2. The van der Waals surface area contributed by atoms with Crippen molar-refractivity contribution in [2.45, 2.75) is 6.10 Å². The summed E-state index contributed by atoms with van der Waals surface area (Å²) in [5.74, 6) is 0.660. The minimum Gasteiger partial charge on any atom is -0.457 e. The van der Waals surface area contributed by atoms with Crippen LogP contribution in [0.4, 0.5) is 10.2 Å². The molecule has 2 aromatic carbocycles. The summed E-state index contributed by atoms with van der Waals surface area (Å²) in [5.41, 5.74) is 1.35. The van der Waals surface area contributed by atoms with E-state index in [9.17, 15) is 23.0 Å². The number of halogens is 1. The molecule has 1 heterocycles. The van der Waals surface area contributed by atoms with Crippen LogP contribution in [0.25, 0.3) is 11.3 Å². The third kappa shape index (κ3) is 5.74. The number of hydrogen-bond acceptors (Lipinski definition) is 6. The van der Waals surface area contributed by atoms with Gasteiger partial charge in [-0.15, -0.1) is 0 Å². The number of aliphatic hydroxyl groups is 2. The predicted octanol–water partition coefficient (Wildman–Crippen LogP) is 3.08. The van der Waals surface area contributed by atoms with E-state index in [0.717, 1.165) is 6.26 Å². The van der Waals surface area contributed by atoms with Crippen molar-refractivity contribution in [1.29, 1.82) is 0 Å². The highest BCUT2D eigenvalue weighted by Crippen LogP contribution is 2.28. The quantitative estimate of drug-likeness (QED) is 0.544. The van der Waals surface area contributed by atoms with Gasteiger partial charge in [-0.25, -0.2) is 17.8 Å². The Morgan fingerprint density at radius 2 is 1.66 bits per heavy atom. The van der Waals surface area contributed by atoms with Gasteiger partial charge in [-0.3, -0.25) is 4.72 Å². The zero-order valence-electron chi connectivity index (χ0n) is 15.4. The monoisotopic (exact) mass is 418 g/mol. The summed E-state index contributed by atoms with van der Waals surface area (Å²) >= 11 is 0. The van der Waals surface area contributed by atoms with E-state index in [4.69, 9.17) is 4.74 Å². The van der Waals surface area contributed by atoms with E-state index in [1.807, 2.05) is 0 Å². The molecule has 0 amide bonds. The van der Waals surface area contributed by atoms with Crippen molar-refractivity contribution in [1.82, 2.24) is 4.98 Å². The van der Waals surface area contributed by atoms with Gasteiger partial charge in [0.1, 0.15) is 29.2 Å². The maximum absolute atomic E-state index is 13.0. The smallest absolute Gasteiger partial charge is 0.230 e. The summed E-state index contributed by atoms with van der Waals surface area (Å²) < 4.78 is 44.0. The first kappa shape index (κ1) is 20.7. The van der Waals surface area contributed by atoms with Crippen LogP contribution in [0.5, 0.6) is 11.5 Å². The van der Waals surface area contributed by atoms with Gasteiger partial charge in [-0.1, -0.05) is 0 Å². The van der Waals surface area contributed by atoms with Crippen LogP contribution in [0.2, 0.25) is 0 Å². The number of aliphatic hydroxyl groups excluding tert-OH is 2. The first-order chi connectivity index (χ1) is 13.7. The highest BCUT2D eigenvalue weighted by molar-refractivity contribution is 7.92. The summed E-state index contributed by atoms with van der Waals surface area (Å²) in [7, 11) is -3.57. The van der Waals surface area contributed by atoms with E-state index < -0.39 is 22.7 Å². The molecule has 0 bridgehead atoms. The number of aromatic nitrogens is 1. The number of nitrogens with zero attached hydrogens (tertiary/aromatic N) is 1. The lowest BCUT2D eigenvalue weighted by molar-refractivity contribution is 0.0956. The molecule has 0 fully saturated rings. The number of ether oxygens (including phenoxy) is 1. The number of rotatable bonds is 7. The van der Waals surface area contributed by atoms with Gasteiger partial charge >= 0.3 is 0 Å². The normalized spacial score (nSPS) is 12.4. The van der Waals surface area contributed by atoms with Gasteiger partial charge in [-0.05, 0) is 66.2 Å². The molecule has 0 aliphatic carbocycles. The molecule has 0 aliphatic heterocycles. The molecule has 0 spiro atoms. The van der Waals surface area contributed by atoms with Crippen LogP contribution in [-0.4, -0.2) is 36.5 Å². The molecule has 29 heavy (non-hydrogen) atoms. The average molecular weight is 418 g/mol. The second-order valence-corrected chi connectivity index (χ2v) is 8.07. The van der Waals surface area contributed by atoms with Crippen LogP contribution in [0, 0.1) is 5.82 Å². The fourth-order valence-corrected chi connectivity index (χ4v) is 3.06. The molecule has 0 aliphatic rings. The van der Waals surface area contributed by atoms with Gasteiger partial charge < -0.3 is 14.9 Å². The molecule has 7 nitrogen and oxygen atoms in total. The lowest BCUT2D eigenvalue weighted by atomic mass is 10.1. The first-order valence-electron chi connectivity index (χ1n) is 8.56. The van der Waals surface area contributed by atoms with Crippen molar-refractivity contribution in [2.75, 3.05) is 17.6 Å². The topological polar surface area (TPSA) is 109 Å². The Morgan fingerprint density at radius 3 is 2.21 bits per heavy atom. The van der Waals surface area contributed by atoms with Crippen LogP contribution in [-0.2, 0) is 10.0 Å². The Hall–Kier alpha value is -3.01. The number of pyridine rings is 1. The molecule has 3 rings (SSSR count). The second kappa shape index (κ2) is 8.56. The van der Waals surface area contributed by atoms with Gasteiger partial charge in [0, 0.05) is 5.56 Å². The molecule has 3 aromatic rings. The molecule has 1 aromatic heterocycles. The van der Waals surface area contributed by atoms with Gasteiger partial charge in [0.2, 0.25) is 10.0 Å². The number of anilines is 1. The molecule has 3 N–H and O–H groups in total. The molecule has 152 valence electrons. The summed E-state index contributed by atoms with van der Waals surface area (Å²) in [4.78, 5) is 4.26. The first-order valence-corrected chi connectivity index (χ1v) is 10.5. The Morgan fingerprint density at radius 1 is 1.07 bits per heavy atom. The Kier molecular flexibility index (Phi) is 6.12. The fraction of sp³-hybridized carbons (Fsp3) is 0.150. The van der Waals surface area contributed by atoms with Crippen LogP contribution in [0.1, 0.15) is 11.7 Å². The fourth-order valence-electron chi connectivity index (χ4n) is 2.57. The maximum Gasteiger partial charge on any atom is 0.230 e.